The van der Waals surface area contributed by atoms with Crippen molar-refractivity contribution in [3.05, 3.63) is 16.7 Å². The lowest BCUT2D eigenvalue weighted by atomic mass is 9.95. The third-order valence-electron chi connectivity index (χ3n) is 4.32. The highest BCUT2D eigenvalue weighted by molar-refractivity contribution is 6.30. The van der Waals surface area contributed by atoms with Crippen LogP contribution in [0.1, 0.15) is 49.2 Å². The van der Waals surface area contributed by atoms with Gasteiger partial charge < -0.3 is 15.2 Å². The predicted molar refractivity (Wildman–Crippen MR) is 72.9 cm³/mol. The van der Waals surface area contributed by atoms with E-state index >= 15 is 0 Å². The summed E-state index contributed by atoms with van der Waals surface area (Å²) >= 11 is 6.28. The topological polar surface area (TPSA) is 47.1 Å². The van der Waals surface area contributed by atoms with E-state index in [-0.39, 0.29) is 6.04 Å². The smallest absolute Gasteiger partial charge is 0.152 e. The molecule has 2 aliphatic rings. The van der Waals surface area contributed by atoms with Crippen molar-refractivity contribution >= 4 is 11.6 Å². The lowest BCUT2D eigenvalue weighted by Gasteiger charge is -2.30. The maximum atomic E-state index is 6.28. The molecule has 0 spiro atoms. The van der Waals surface area contributed by atoms with Crippen LogP contribution in [0.4, 0.5) is 0 Å². The van der Waals surface area contributed by atoms with Gasteiger partial charge in [0.1, 0.15) is 5.82 Å². The third-order valence-corrected chi connectivity index (χ3v) is 4.60. The van der Waals surface area contributed by atoms with Crippen molar-refractivity contribution in [2.75, 3.05) is 20.1 Å². The van der Waals surface area contributed by atoms with Crippen LogP contribution in [0.25, 0.3) is 0 Å². The van der Waals surface area contributed by atoms with Crippen molar-refractivity contribution in [1.29, 1.82) is 0 Å². The fourth-order valence-corrected chi connectivity index (χ4v) is 3.55. The first kappa shape index (κ1) is 12.5. The summed E-state index contributed by atoms with van der Waals surface area (Å²) < 4.78 is 2.30. The molecule has 5 heteroatoms. The molecular weight excluding hydrogens is 248 g/mol. The number of imidazole rings is 1. The largest absolute Gasteiger partial charge is 0.329 e. The number of fused-ring (bicyclic) bond motifs is 1. The molecular formula is C13H21ClN4. The van der Waals surface area contributed by atoms with Gasteiger partial charge in [-0.3, -0.25) is 0 Å². The highest BCUT2D eigenvalue weighted by Crippen LogP contribution is 2.35. The summed E-state index contributed by atoms with van der Waals surface area (Å²) in [5.41, 5.74) is 7.23. The Balaban J connectivity index is 1.91. The summed E-state index contributed by atoms with van der Waals surface area (Å²) in [6.07, 6.45) is 4.52. The van der Waals surface area contributed by atoms with E-state index in [0.717, 1.165) is 38.2 Å². The number of rotatable bonds is 1. The van der Waals surface area contributed by atoms with Crippen LogP contribution in [0.3, 0.4) is 0 Å². The maximum absolute atomic E-state index is 6.28. The minimum Gasteiger partial charge on any atom is -0.329 e. The second-order valence-electron chi connectivity index (χ2n) is 5.62. The van der Waals surface area contributed by atoms with Gasteiger partial charge >= 0.3 is 0 Å². The molecule has 1 saturated heterocycles. The summed E-state index contributed by atoms with van der Waals surface area (Å²) in [6.45, 7) is 3.33. The fraction of sp³-hybridized carbons (Fsp3) is 0.769. The lowest BCUT2D eigenvalue weighted by molar-refractivity contribution is 0.247. The second-order valence-corrected chi connectivity index (χ2v) is 5.98. The second kappa shape index (κ2) is 4.83. The van der Waals surface area contributed by atoms with Gasteiger partial charge in [0.2, 0.25) is 0 Å². The number of hydrogen-bond donors (Lipinski definition) is 1. The molecule has 0 radical (unpaired) electrons. The van der Waals surface area contributed by atoms with E-state index in [0.29, 0.717) is 11.1 Å². The maximum Gasteiger partial charge on any atom is 0.152 e. The summed E-state index contributed by atoms with van der Waals surface area (Å²) in [4.78, 5) is 7.00. The van der Waals surface area contributed by atoms with Crippen molar-refractivity contribution in [2.45, 2.75) is 44.2 Å². The van der Waals surface area contributed by atoms with E-state index in [1.807, 2.05) is 0 Å². The SMILES string of the molecule is CN1CCC(c2nc(Cl)c3n2CCCC3N)CC1. The Labute approximate surface area is 113 Å². The Morgan fingerprint density at radius 1 is 1.22 bits per heavy atom. The third kappa shape index (κ3) is 2.06. The highest BCUT2D eigenvalue weighted by Gasteiger charge is 2.29. The van der Waals surface area contributed by atoms with E-state index in [9.17, 15) is 0 Å². The lowest BCUT2D eigenvalue weighted by Crippen LogP contribution is -2.31. The minimum atomic E-state index is 0.0683. The first-order chi connectivity index (χ1) is 8.66. The van der Waals surface area contributed by atoms with E-state index < -0.39 is 0 Å². The van der Waals surface area contributed by atoms with Crippen LogP contribution in [0, 0.1) is 0 Å². The Bertz CT molecular complexity index is 434. The van der Waals surface area contributed by atoms with E-state index in [4.69, 9.17) is 17.3 Å². The number of piperidine rings is 1. The summed E-state index contributed by atoms with van der Waals surface area (Å²) in [5.74, 6) is 1.73. The predicted octanol–water partition coefficient (Wildman–Crippen LogP) is 2.14. The summed E-state index contributed by atoms with van der Waals surface area (Å²) in [7, 11) is 2.18. The van der Waals surface area contributed by atoms with Crippen molar-refractivity contribution < 1.29 is 0 Å². The molecule has 1 aromatic heterocycles. The zero-order valence-corrected chi connectivity index (χ0v) is 11.7. The minimum absolute atomic E-state index is 0.0683. The molecule has 18 heavy (non-hydrogen) atoms. The van der Waals surface area contributed by atoms with Gasteiger partial charge in [0, 0.05) is 18.5 Å². The number of hydrogen-bond acceptors (Lipinski definition) is 3. The molecule has 0 amide bonds. The van der Waals surface area contributed by atoms with Gasteiger partial charge in [-0.2, -0.15) is 0 Å². The van der Waals surface area contributed by atoms with Gasteiger partial charge in [0.25, 0.3) is 0 Å². The van der Waals surface area contributed by atoms with E-state index in [1.165, 1.54) is 18.7 Å². The fourth-order valence-electron chi connectivity index (χ4n) is 3.23. The molecule has 1 unspecified atom stereocenters. The molecule has 0 aromatic carbocycles. The first-order valence-corrected chi connectivity index (χ1v) is 7.24. The quantitative estimate of drug-likeness (QED) is 0.849. The standard InChI is InChI=1S/C13H21ClN4/c1-17-7-4-9(5-8-17)13-16-12(14)11-10(15)3-2-6-18(11)13/h9-10H,2-8,15H2,1H3. The average molecular weight is 269 g/mol. The van der Waals surface area contributed by atoms with Gasteiger partial charge in [0.05, 0.1) is 5.69 Å². The molecule has 0 saturated carbocycles. The zero-order valence-electron chi connectivity index (χ0n) is 10.9. The Morgan fingerprint density at radius 3 is 2.67 bits per heavy atom. The first-order valence-electron chi connectivity index (χ1n) is 6.86. The molecule has 2 aliphatic heterocycles. The molecule has 100 valence electrons. The number of halogens is 1. The van der Waals surface area contributed by atoms with Crippen LogP contribution in [0.15, 0.2) is 0 Å². The molecule has 3 rings (SSSR count). The van der Waals surface area contributed by atoms with E-state index in [2.05, 4.69) is 21.5 Å². The van der Waals surface area contributed by atoms with Gasteiger partial charge in [0.15, 0.2) is 5.15 Å². The van der Waals surface area contributed by atoms with Crippen molar-refractivity contribution in [3.8, 4) is 0 Å². The zero-order chi connectivity index (χ0) is 12.7. The van der Waals surface area contributed by atoms with Gasteiger partial charge in [-0.05, 0) is 45.8 Å². The Kier molecular flexibility index (Phi) is 3.34. The number of nitrogens with zero attached hydrogens (tertiary/aromatic N) is 3. The molecule has 1 atom stereocenters. The van der Waals surface area contributed by atoms with Gasteiger partial charge in [-0.15, -0.1) is 0 Å². The number of nitrogens with two attached hydrogens (primary N) is 1. The van der Waals surface area contributed by atoms with E-state index in [1.54, 1.807) is 0 Å². The van der Waals surface area contributed by atoms with Crippen LogP contribution in [-0.2, 0) is 6.54 Å². The van der Waals surface area contributed by atoms with Crippen molar-refractivity contribution in [2.24, 2.45) is 5.73 Å². The van der Waals surface area contributed by atoms with Crippen LogP contribution in [-0.4, -0.2) is 34.6 Å². The molecule has 0 aliphatic carbocycles. The highest BCUT2D eigenvalue weighted by atomic mass is 35.5. The summed E-state index contributed by atoms with van der Waals surface area (Å²) in [6, 6.07) is 0.0683. The Morgan fingerprint density at radius 2 is 1.94 bits per heavy atom. The number of aromatic nitrogens is 2. The van der Waals surface area contributed by atoms with Gasteiger partial charge in [-0.1, -0.05) is 11.6 Å². The van der Waals surface area contributed by atoms with Crippen molar-refractivity contribution in [3.63, 3.8) is 0 Å². The van der Waals surface area contributed by atoms with Crippen LogP contribution < -0.4 is 5.73 Å². The van der Waals surface area contributed by atoms with Crippen LogP contribution >= 0.6 is 11.6 Å². The number of likely N-dealkylation sites (tertiary alicyclic amines) is 1. The van der Waals surface area contributed by atoms with Crippen molar-refractivity contribution in [1.82, 2.24) is 14.5 Å². The van der Waals surface area contributed by atoms with Crippen LogP contribution in [0.2, 0.25) is 5.15 Å². The molecule has 0 bridgehead atoms. The average Bonchev–Trinajstić information content (AvgIpc) is 2.69. The molecule has 4 nitrogen and oxygen atoms in total. The monoisotopic (exact) mass is 268 g/mol. The molecule has 1 aromatic rings. The Hall–Kier alpha value is -0.580. The molecule has 3 heterocycles. The molecule has 1 fully saturated rings. The normalized spacial score (nSPS) is 26.3. The van der Waals surface area contributed by atoms with Gasteiger partial charge in [-0.25, -0.2) is 4.98 Å². The summed E-state index contributed by atoms with van der Waals surface area (Å²) in [5, 5.41) is 0.635. The molecule has 2 N–H and O–H groups in total. The van der Waals surface area contributed by atoms with Crippen LogP contribution in [0.5, 0.6) is 0 Å².